The number of fused-ring (bicyclic) bond motifs is 1. The van der Waals surface area contributed by atoms with Crippen LogP contribution in [0.3, 0.4) is 0 Å². The van der Waals surface area contributed by atoms with Crippen LogP contribution in [0.4, 0.5) is 27.9 Å². The van der Waals surface area contributed by atoms with Gasteiger partial charge in [0.15, 0.2) is 5.82 Å². The first-order valence-corrected chi connectivity index (χ1v) is 12.7. The minimum absolute atomic E-state index is 0.250. The van der Waals surface area contributed by atoms with Crippen molar-refractivity contribution >= 4 is 41.3 Å². The Hall–Kier alpha value is -5.03. The number of allylic oxidation sites excluding steroid dienone is 1. The van der Waals surface area contributed by atoms with Crippen LogP contribution in [0.5, 0.6) is 0 Å². The summed E-state index contributed by atoms with van der Waals surface area (Å²) in [6.45, 7) is 1.39. The van der Waals surface area contributed by atoms with E-state index in [4.69, 9.17) is 5.73 Å². The molecule has 1 aliphatic rings. The molecule has 0 spiro atoms. The number of carbonyl (C=O) groups excluding carboxylic acids is 2. The van der Waals surface area contributed by atoms with Crippen LogP contribution in [0, 0.1) is 0 Å². The molecule has 3 amide bonds. The number of likely N-dealkylation sites (N-methyl/N-ethyl adjacent to an activating group) is 1. The largest absolute Gasteiger partial charge is 0.403 e. The van der Waals surface area contributed by atoms with Crippen molar-refractivity contribution in [1.29, 1.82) is 0 Å². The molecule has 0 saturated carbocycles. The van der Waals surface area contributed by atoms with Crippen LogP contribution in [-0.2, 0) is 17.9 Å². The number of nitrogens with one attached hydrogen (secondary N) is 2. The molecule has 1 aliphatic heterocycles. The number of aromatic nitrogens is 2. The molecule has 11 heteroatoms. The van der Waals surface area contributed by atoms with Crippen LogP contribution in [-0.4, -0.2) is 65.6 Å². The molecular formula is C29H33N9O2. The number of nitrogens with zero attached hydrogens (tertiary/aromatic N) is 6. The number of hydrogen-bond acceptors (Lipinski definition) is 8. The van der Waals surface area contributed by atoms with Gasteiger partial charge in [0.1, 0.15) is 0 Å². The molecule has 4 N–H and O–H groups in total. The highest BCUT2D eigenvalue weighted by atomic mass is 16.2. The number of amides is 3. The van der Waals surface area contributed by atoms with Crippen LogP contribution in [0.2, 0.25) is 0 Å². The van der Waals surface area contributed by atoms with Gasteiger partial charge in [0.2, 0.25) is 11.9 Å². The maximum absolute atomic E-state index is 13.9. The quantitative estimate of drug-likeness (QED) is 0.264. The number of anilines is 4. The van der Waals surface area contributed by atoms with Gasteiger partial charge in [0.25, 0.3) is 0 Å². The topological polar surface area (TPSA) is 132 Å². The van der Waals surface area contributed by atoms with Gasteiger partial charge in [-0.25, -0.2) is 14.7 Å². The van der Waals surface area contributed by atoms with E-state index >= 15 is 0 Å². The van der Waals surface area contributed by atoms with E-state index in [0.717, 1.165) is 11.1 Å². The third-order valence-electron chi connectivity index (χ3n) is 5.91. The van der Waals surface area contributed by atoms with Crippen molar-refractivity contribution in [3.8, 4) is 0 Å². The Kier molecular flexibility index (Phi) is 9.21. The van der Waals surface area contributed by atoms with E-state index in [0.29, 0.717) is 42.5 Å². The average Bonchev–Trinajstić information content (AvgIpc) is 2.94. The van der Waals surface area contributed by atoms with Gasteiger partial charge < -0.3 is 26.2 Å². The molecule has 0 unspecified atom stereocenters. The number of aliphatic imine (C=N–C) groups is 1. The van der Waals surface area contributed by atoms with Gasteiger partial charge in [0, 0.05) is 56.1 Å². The van der Waals surface area contributed by atoms with E-state index < -0.39 is 0 Å². The molecule has 0 saturated heterocycles. The van der Waals surface area contributed by atoms with Crippen molar-refractivity contribution in [3.63, 3.8) is 0 Å². The number of rotatable bonds is 10. The van der Waals surface area contributed by atoms with Crippen LogP contribution in [0.25, 0.3) is 0 Å². The lowest BCUT2D eigenvalue weighted by Gasteiger charge is -2.36. The highest BCUT2D eigenvalue weighted by molar-refractivity contribution is 6.03. The van der Waals surface area contributed by atoms with Crippen molar-refractivity contribution in [2.24, 2.45) is 10.7 Å². The molecule has 11 nitrogen and oxygen atoms in total. The summed E-state index contributed by atoms with van der Waals surface area (Å²) in [5.41, 5.74) is 9.07. The first-order chi connectivity index (χ1) is 19.4. The minimum Gasteiger partial charge on any atom is -0.403 e. The Morgan fingerprint density at radius 2 is 1.95 bits per heavy atom. The third kappa shape index (κ3) is 7.08. The smallest absolute Gasteiger partial charge is 0.330 e. The van der Waals surface area contributed by atoms with Crippen molar-refractivity contribution in [1.82, 2.24) is 19.8 Å². The summed E-state index contributed by atoms with van der Waals surface area (Å²) in [4.78, 5) is 44.7. The molecule has 0 fully saturated rings. The van der Waals surface area contributed by atoms with Gasteiger partial charge in [-0.15, -0.1) is 0 Å². The highest BCUT2D eigenvalue weighted by Gasteiger charge is 2.33. The number of hydrogen-bond donors (Lipinski definition) is 3. The molecule has 0 bridgehead atoms. The summed E-state index contributed by atoms with van der Waals surface area (Å²) < 4.78 is 0. The average molecular weight is 540 g/mol. The number of benzene rings is 2. The molecule has 3 aromatic rings. The monoisotopic (exact) mass is 539 g/mol. The van der Waals surface area contributed by atoms with E-state index in [1.807, 2.05) is 49.3 Å². The molecule has 1 aromatic heterocycles. The van der Waals surface area contributed by atoms with Gasteiger partial charge in [-0.1, -0.05) is 42.5 Å². The zero-order chi connectivity index (χ0) is 28.5. The predicted octanol–water partition coefficient (Wildman–Crippen LogP) is 3.72. The van der Waals surface area contributed by atoms with E-state index in [-0.39, 0.29) is 17.9 Å². The molecule has 0 atom stereocenters. The van der Waals surface area contributed by atoms with Crippen LogP contribution >= 0.6 is 0 Å². The molecule has 0 radical (unpaired) electrons. The van der Waals surface area contributed by atoms with Gasteiger partial charge >= 0.3 is 6.03 Å². The molecule has 4 rings (SSSR count). The summed E-state index contributed by atoms with van der Waals surface area (Å²) in [5.74, 6) is 0.439. The third-order valence-corrected chi connectivity index (χ3v) is 5.91. The predicted molar refractivity (Wildman–Crippen MR) is 158 cm³/mol. The molecule has 206 valence electrons. The summed E-state index contributed by atoms with van der Waals surface area (Å²) >= 11 is 0. The SMILES string of the molecule is CN=CC(=CN)Nc1ncc2c(n1)N(c1cccc(NC(=O)/C=C/CN(C)C)c1)C(=O)N(Cc1ccccc1)C2. The van der Waals surface area contributed by atoms with Gasteiger partial charge in [0.05, 0.1) is 17.9 Å². The fraction of sp³-hybridized carbons (Fsp3) is 0.207. The van der Waals surface area contributed by atoms with Crippen molar-refractivity contribution in [2.45, 2.75) is 13.1 Å². The molecule has 0 aliphatic carbocycles. The summed E-state index contributed by atoms with van der Waals surface area (Å²) in [6, 6.07) is 16.6. The second-order valence-corrected chi connectivity index (χ2v) is 9.34. The Bertz CT molecular complexity index is 1430. The van der Waals surface area contributed by atoms with Gasteiger partial charge in [-0.3, -0.25) is 9.79 Å². The fourth-order valence-electron chi connectivity index (χ4n) is 4.09. The Labute approximate surface area is 233 Å². The second kappa shape index (κ2) is 13.2. The van der Waals surface area contributed by atoms with Gasteiger partial charge in [-0.05, 0) is 37.9 Å². The standard InChI is InChI=1S/C29H33N9O2/c1-31-18-24(16-30)34-28-32-17-22-20-37(19-21-9-5-4-6-10-21)29(40)38(27(22)35-28)25-12-7-11-23(15-25)33-26(39)13-8-14-36(2)3/h4-13,15-18H,14,19-20,30H2,1-3H3,(H,33,39)(H,32,34,35)/b13-8+,24-16?,31-18?. The van der Waals surface area contributed by atoms with Crippen LogP contribution in [0.15, 0.2) is 89.8 Å². The number of carbonyl (C=O) groups is 2. The van der Waals surface area contributed by atoms with E-state index in [1.165, 1.54) is 17.2 Å². The number of nitrogens with two attached hydrogens (primary N) is 1. The van der Waals surface area contributed by atoms with E-state index in [9.17, 15) is 9.59 Å². The molecular weight excluding hydrogens is 506 g/mol. The van der Waals surface area contributed by atoms with Crippen molar-refractivity contribution in [2.75, 3.05) is 43.2 Å². The highest BCUT2D eigenvalue weighted by Crippen LogP contribution is 2.35. The first-order valence-electron chi connectivity index (χ1n) is 12.7. The Morgan fingerprint density at radius 3 is 2.67 bits per heavy atom. The lowest BCUT2D eigenvalue weighted by atomic mass is 10.1. The molecule has 40 heavy (non-hydrogen) atoms. The maximum Gasteiger partial charge on any atom is 0.330 e. The van der Waals surface area contributed by atoms with E-state index in [2.05, 4.69) is 25.6 Å². The minimum atomic E-state index is -0.262. The normalized spacial score (nSPS) is 13.8. The van der Waals surface area contributed by atoms with Gasteiger partial charge in [-0.2, -0.15) is 4.98 Å². The Morgan fingerprint density at radius 1 is 1.15 bits per heavy atom. The summed E-state index contributed by atoms with van der Waals surface area (Å²) in [7, 11) is 5.48. The van der Waals surface area contributed by atoms with Crippen molar-refractivity contribution in [3.05, 3.63) is 96.0 Å². The fourth-order valence-corrected chi connectivity index (χ4v) is 4.09. The first kappa shape index (κ1) is 28.0. The maximum atomic E-state index is 13.9. The van der Waals surface area contributed by atoms with Crippen molar-refractivity contribution < 1.29 is 9.59 Å². The molecule has 2 heterocycles. The lowest BCUT2D eigenvalue weighted by Crippen LogP contribution is -2.45. The number of urea groups is 1. The molecule has 2 aromatic carbocycles. The van der Waals surface area contributed by atoms with Crippen LogP contribution < -0.4 is 21.3 Å². The second-order valence-electron chi connectivity index (χ2n) is 9.34. The summed E-state index contributed by atoms with van der Waals surface area (Å²) in [6.07, 6.45) is 7.87. The van der Waals surface area contributed by atoms with Crippen LogP contribution in [0.1, 0.15) is 11.1 Å². The summed E-state index contributed by atoms with van der Waals surface area (Å²) in [5, 5.41) is 5.89. The zero-order valence-electron chi connectivity index (χ0n) is 22.8. The lowest BCUT2D eigenvalue weighted by molar-refractivity contribution is -0.111. The Balaban J connectivity index is 1.69. The van der Waals surface area contributed by atoms with E-state index in [1.54, 1.807) is 54.7 Å². The zero-order valence-corrected chi connectivity index (χ0v) is 22.8.